The van der Waals surface area contributed by atoms with Crippen LogP contribution in [0.25, 0.3) is 0 Å². The summed E-state index contributed by atoms with van der Waals surface area (Å²) >= 11 is 0. The van der Waals surface area contributed by atoms with Crippen molar-refractivity contribution >= 4 is 5.91 Å². The van der Waals surface area contributed by atoms with Crippen LogP contribution in [0.1, 0.15) is 20.3 Å². The van der Waals surface area contributed by atoms with Crippen LogP contribution >= 0.6 is 0 Å². The first kappa shape index (κ1) is 14.4. The molecule has 1 aliphatic rings. The van der Waals surface area contributed by atoms with Crippen molar-refractivity contribution in [2.24, 2.45) is 0 Å². The fourth-order valence-electron chi connectivity index (χ4n) is 2.35. The molecule has 0 aliphatic carbocycles. The van der Waals surface area contributed by atoms with Gasteiger partial charge in [-0.2, -0.15) is 0 Å². The number of aliphatic hydroxyl groups excluding tert-OH is 1. The number of hydrogen-bond donors (Lipinski definition) is 2. The fourth-order valence-corrected chi connectivity index (χ4v) is 2.35. The van der Waals surface area contributed by atoms with Crippen LogP contribution in [-0.4, -0.2) is 72.7 Å². The minimum atomic E-state index is -0.302. The quantitative estimate of drug-likeness (QED) is 0.684. The molecule has 2 unspecified atom stereocenters. The molecule has 1 fully saturated rings. The first-order valence-corrected chi connectivity index (χ1v) is 6.43. The molecule has 1 aliphatic heterocycles. The number of nitrogens with zero attached hydrogens (tertiary/aromatic N) is 2. The Labute approximate surface area is 104 Å². The summed E-state index contributed by atoms with van der Waals surface area (Å²) in [7, 11) is 1.79. The molecule has 2 atom stereocenters. The van der Waals surface area contributed by atoms with E-state index in [1.165, 1.54) is 0 Å². The highest BCUT2D eigenvalue weighted by molar-refractivity contribution is 5.78. The number of piperazine rings is 1. The van der Waals surface area contributed by atoms with Gasteiger partial charge in [-0.1, -0.05) is 6.92 Å². The van der Waals surface area contributed by atoms with Crippen molar-refractivity contribution in [3.05, 3.63) is 0 Å². The zero-order valence-electron chi connectivity index (χ0n) is 11.1. The Balaban J connectivity index is 2.51. The van der Waals surface area contributed by atoms with Gasteiger partial charge in [0.2, 0.25) is 5.91 Å². The minimum absolute atomic E-state index is 0.169. The molecule has 100 valence electrons. The maximum atomic E-state index is 11.8. The van der Waals surface area contributed by atoms with E-state index in [9.17, 15) is 9.90 Å². The zero-order chi connectivity index (χ0) is 12.8. The molecular weight excluding hydrogens is 218 g/mol. The molecule has 1 saturated heterocycles. The summed E-state index contributed by atoms with van der Waals surface area (Å²) in [6.45, 7) is 7.46. The van der Waals surface area contributed by atoms with E-state index >= 15 is 0 Å². The number of likely N-dealkylation sites (N-methyl/N-ethyl adjacent to an activating group) is 1. The van der Waals surface area contributed by atoms with E-state index in [-0.39, 0.29) is 12.0 Å². The lowest BCUT2D eigenvalue weighted by Crippen LogP contribution is -2.56. The molecule has 2 N–H and O–H groups in total. The summed E-state index contributed by atoms with van der Waals surface area (Å²) < 4.78 is 0. The summed E-state index contributed by atoms with van der Waals surface area (Å²) in [6, 6.07) is 0.374. The van der Waals surface area contributed by atoms with E-state index in [2.05, 4.69) is 17.1 Å². The molecule has 5 heteroatoms. The van der Waals surface area contributed by atoms with Gasteiger partial charge in [0.1, 0.15) is 0 Å². The maximum Gasteiger partial charge on any atom is 0.236 e. The zero-order valence-corrected chi connectivity index (χ0v) is 11.1. The van der Waals surface area contributed by atoms with Gasteiger partial charge in [-0.3, -0.25) is 9.69 Å². The number of aliphatic hydroxyl groups is 1. The third-order valence-electron chi connectivity index (χ3n) is 3.26. The van der Waals surface area contributed by atoms with Crippen molar-refractivity contribution in [2.75, 3.05) is 39.8 Å². The SMILES string of the molecule is CCC1CN(C(=O)CNC)CCN1CC(C)O. The predicted octanol–water partition coefficient (Wildman–Crippen LogP) is -0.491. The molecule has 0 aromatic heterocycles. The Morgan fingerprint density at radius 3 is 2.76 bits per heavy atom. The first-order chi connectivity index (χ1) is 8.08. The highest BCUT2D eigenvalue weighted by Gasteiger charge is 2.28. The van der Waals surface area contributed by atoms with Crippen molar-refractivity contribution in [1.29, 1.82) is 0 Å². The molecule has 17 heavy (non-hydrogen) atoms. The molecular formula is C12H25N3O2. The summed E-state index contributed by atoms with van der Waals surface area (Å²) in [4.78, 5) is 16.0. The molecule has 5 nitrogen and oxygen atoms in total. The third-order valence-corrected chi connectivity index (χ3v) is 3.26. The van der Waals surface area contributed by atoms with E-state index in [1.807, 2.05) is 11.8 Å². The smallest absolute Gasteiger partial charge is 0.236 e. The first-order valence-electron chi connectivity index (χ1n) is 6.43. The van der Waals surface area contributed by atoms with E-state index in [1.54, 1.807) is 7.05 Å². The average molecular weight is 243 g/mol. The van der Waals surface area contributed by atoms with E-state index in [4.69, 9.17) is 0 Å². The summed E-state index contributed by atoms with van der Waals surface area (Å²) in [5, 5.41) is 12.3. The molecule has 0 spiro atoms. The van der Waals surface area contributed by atoms with Crippen LogP contribution in [0.2, 0.25) is 0 Å². The summed E-state index contributed by atoms with van der Waals surface area (Å²) in [6.07, 6.45) is 0.708. The lowest BCUT2D eigenvalue weighted by Gasteiger charge is -2.41. The number of amides is 1. The van der Waals surface area contributed by atoms with Gasteiger partial charge in [-0.15, -0.1) is 0 Å². The molecule has 1 rings (SSSR count). The van der Waals surface area contributed by atoms with E-state index in [0.717, 1.165) is 26.1 Å². The number of hydrogen-bond acceptors (Lipinski definition) is 4. The molecule has 1 heterocycles. The van der Waals surface area contributed by atoms with Gasteiger partial charge in [0.05, 0.1) is 12.6 Å². The Hall–Kier alpha value is -0.650. The fraction of sp³-hybridized carbons (Fsp3) is 0.917. The molecule has 0 radical (unpaired) electrons. The maximum absolute atomic E-state index is 11.8. The van der Waals surface area contributed by atoms with Gasteiger partial charge >= 0.3 is 0 Å². The van der Waals surface area contributed by atoms with E-state index < -0.39 is 0 Å². The third kappa shape index (κ3) is 4.26. The monoisotopic (exact) mass is 243 g/mol. The van der Waals surface area contributed by atoms with Crippen LogP contribution in [0.4, 0.5) is 0 Å². The van der Waals surface area contributed by atoms with Gasteiger partial charge < -0.3 is 15.3 Å². The van der Waals surface area contributed by atoms with E-state index in [0.29, 0.717) is 19.1 Å². The molecule has 0 aromatic carbocycles. The number of β-amino-alcohol motifs (C(OH)–C–C–N with tert-alkyl or cyclic N) is 1. The second kappa shape index (κ2) is 6.93. The summed E-state index contributed by atoms with van der Waals surface area (Å²) in [5.41, 5.74) is 0. The standard InChI is InChI=1S/C12H25N3O2/c1-4-11-9-15(12(17)7-13-3)6-5-14(11)8-10(2)16/h10-11,13,16H,4-9H2,1-3H3. The van der Waals surface area contributed by atoms with Gasteiger partial charge in [-0.25, -0.2) is 0 Å². The van der Waals surface area contributed by atoms with Crippen LogP contribution in [-0.2, 0) is 4.79 Å². The van der Waals surface area contributed by atoms with Gasteiger partial charge in [0.25, 0.3) is 0 Å². The van der Waals surface area contributed by atoms with Crippen LogP contribution < -0.4 is 5.32 Å². The average Bonchev–Trinajstić information content (AvgIpc) is 2.29. The van der Waals surface area contributed by atoms with Gasteiger partial charge in [0.15, 0.2) is 0 Å². The molecule has 0 aromatic rings. The number of rotatable bonds is 5. The van der Waals surface area contributed by atoms with Crippen molar-refractivity contribution in [3.8, 4) is 0 Å². The number of carbonyl (C=O) groups is 1. The highest BCUT2D eigenvalue weighted by atomic mass is 16.3. The van der Waals surface area contributed by atoms with Crippen molar-refractivity contribution in [1.82, 2.24) is 15.1 Å². The van der Waals surface area contributed by atoms with Gasteiger partial charge in [0, 0.05) is 32.2 Å². The summed E-state index contributed by atoms with van der Waals surface area (Å²) in [5.74, 6) is 0.169. The second-order valence-corrected chi connectivity index (χ2v) is 4.78. The lowest BCUT2D eigenvalue weighted by molar-refractivity contribution is -0.133. The largest absolute Gasteiger partial charge is 0.392 e. The highest BCUT2D eigenvalue weighted by Crippen LogP contribution is 2.13. The van der Waals surface area contributed by atoms with Crippen molar-refractivity contribution < 1.29 is 9.90 Å². The molecule has 0 bridgehead atoms. The Morgan fingerprint density at radius 2 is 2.24 bits per heavy atom. The number of nitrogens with one attached hydrogen (secondary N) is 1. The second-order valence-electron chi connectivity index (χ2n) is 4.78. The topological polar surface area (TPSA) is 55.8 Å². The number of carbonyl (C=O) groups excluding carboxylic acids is 1. The Morgan fingerprint density at radius 1 is 1.53 bits per heavy atom. The molecule has 1 amide bonds. The van der Waals surface area contributed by atoms with Crippen LogP contribution in [0.5, 0.6) is 0 Å². The molecule has 0 saturated carbocycles. The van der Waals surface area contributed by atoms with Crippen molar-refractivity contribution in [2.45, 2.75) is 32.4 Å². The Bertz CT molecular complexity index is 246. The Kier molecular flexibility index (Phi) is 5.88. The minimum Gasteiger partial charge on any atom is -0.392 e. The van der Waals surface area contributed by atoms with Gasteiger partial charge in [-0.05, 0) is 20.4 Å². The van der Waals surface area contributed by atoms with Crippen LogP contribution in [0.3, 0.4) is 0 Å². The lowest BCUT2D eigenvalue weighted by atomic mass is 10.1. The normalized spacial score (nSPS) is 23.8. The van der Waals surface area contributed by atoms with Crippen LogP contribution in [0.15, 0.2) is 0 Å². The van der Waals surface area contributed by atoms with Crippen molar-refractivity contribution in [3.63, 3.8) is 0 Å². The predicted molar refractivity (Wildman–Crippen MR) is 67.8 cm³/mol. The van der Waals surface area contributed by atoms with Crippen LogP contribution in [0, 0.1) is 0 Å².